The predicted molar refractivity (Wildman–Crippen MR) is 88.5 cm³/mol. The molecule has 3 rings (SSSR count). The standard InChI is InChI=1S/C19H17NO3/c21-19(22)10-6-14-3-7-17(8-4-14)23-13-15-5-9-18-16(12-15)2-1-11-20-18/h1-5,7-9,11-12H,6,10,13H2,(H,21,22). The van der Waals surface area contributed by atoms with Crippen molar-refractivity contribution >= 4 is 16.9 Å². The Balaban J connectivity index is 1.61. The molecule has 0 aliphatic carbocycles. The second kappa shape index (κ2) is 6.92. The molecule has 0 aliphatic heterocycles. The van der Waals surface area contributed by atoms with Crippen LogP contribution in [-0.2, 0) is 17.8 Å². The van der Waals surface area contributed by atoms with Crippen LogP contribution in [0.5, 0.6) is 5.75 Å². The topological polar surface area (TPSA) is 59.4 Å². The van der Waals surface area contributed by atoms with E-state index in [1.165, 1.54) is 0 Å². The van der Waals surface area contributed by atoms with Gasteiger partial charge < -0.3 is 9.84 Å². The van der Waals surface area contributed by atoms with Crippen LogP contribution in [0.15, 0.2) is 60.8 Å². The average molecular weight is 307 g/mol. The maximum atomic E-state index is 10.6. The molecule has 0 fully saturated rings. The molecule has 23 heavy (non-hydrogen) atoms. The van der Waals surface area contributed by atoms with Crippen LogP contribution < -0.4 is 4.74 Å². The summed E-state index contributed by atoms with van der Waals surface area (Å²) in [4.78, 5) is 14.9. The van der Waals surface area contributed by atoms with Crippen LogP contribution in [0.2, 0.25) is 0 Å². The van der Waals surface area contributed by atoms with Crippen molar-refractivity contribution in [2.45, 2.75) is 19.4 Å². The molecule has 1 N–H and O–H groups in total. The third-order valence-electron chi connectivity index (χ3n) is 3.62. The number of rotatable bonds is 6. The Morgan fingerprint density at radius 2 is 1.83 bits per heavy atom. The molecular formula is C19H17NO3. The normalized spacial score (nSPS) is 10.6. The number of ether oxygens (including phenoxy) is 1. The molecule has 0 amide bonds. The molecule has 0 atom stereocenters. The Bertz CT molecular complexity index is 812. The summed E-state index contributed by atoms with van der Waals surface area (Å²) in [6.45, 7) is 0.485. The molecule has 1 aromatic heterocycles. The maximum absolute atomic E-state index is 10.6. The Hall–Kier alpha value is -2.88. The van der Waals surface area contributed by atoms with Crippen LogP contribution in [0.25, 0.3) is 10.9 Å². The van der Waals surface area contributed by atoms with E-state index in [1.54, 1.807) is 6.20 Å². The minimum Gasteiger partial charge on any atom is -0.489 e. The second-order valence-electron chi connectivity index (χ2n) is 5.36. The molecule has 0 radical (unpaired) electrons. The highest BCUT2D eigenvalue weighted by atomic mass is 16.5. The highest BCUT2D eigenvalue weighted by Crippen LogP contribution is 2.17. The third kappa shape index (κ3) is 4.07. The SMILES string of the molecule is O=C(O)CCc1ccc(OCc2ccc3ncccc3c2)cc1. The lowest BCUT2D eigenvalue weighted by molar-refractivity contribution is -0.136. The number of aromatic nitrogens is 1. The predicted octanol–water partition coefficient (Wildman–Crippen LogP) is 3.83. The van der Waals surface area contributed by atoms with E-state index in [1.807, 2.05) is 48.5 Å². The molecule has 0 saturated carbocycles. The van der Waals surface area contributed by atoms with E-state index in [-0.39, 0.29) is 6.42 Å². The number of hydrogen-bond donors (Lipinski definition) is 1. The van der Waals surface area contributed by atoms with Gasteiger partial charge in [-0.2, -0.15) is 0 Å². The summed E-state index contributed by atoms with van der Waals surface area (Å²) in [7, 11) is 0. The zero-order valence-corrected chi connectivity index (χ0v) is 12.6. The summed E-state index contributed by atoms with van der Waals surface area (Å²) in [5.41, 5.74) is 3.05. The summed E-state index contributed by atoms with van der Waals surface area (Å²) >= 11 is 0. The first-order valence-corrected chi connectivity index (χ1v) is 7.48. The van der Waals surface area contributed by atoms with Gasteiger partial charge in [0, 0.05) is 18.0 Å². The molecule has 2 aromatic carbocycles. The van der Waals surface area contributed by atoms with Gasteiger partial charge in [0.2, 0.25) is 0 Å². The summed E-state index contributed by atoms with van der Waals surface area (Å²) in [5.74, 6) is -0.00789. The van der Waals surface area contributed by atoms with Crippen molar-refractivity contribution < 1.29 is 14.6 Å². The molecule has 0 bridgehead atoms. The van der Waals surface area contributed by atoms with Crippen LogP contribution >= 0.6 is 0 Å². The van der Waals surface area contributed by atoms with Crippen molar-refractivity contribution in [2.75, 3.05) is 0 Å². The number of hydrogen-bond acceptors (Lipinski definition) is 3. The molecule has 3 aromatic rings. The van der Waals surface area contributed by atoms with Gasteiger partial charge in [0.15, 0.2) is 0 Å². The zero-order chi connectivity index (χ0) is 16.1. The molecular weight excluding hydrogens is 290 g/mol. The van der Waals surface area contributed by atoms with Crippen LogP contribution in [0, 0.1) is 0 Å². The average Bonchev–Trinajstić information content (AvgIpc) is 2.59. The minimum absolute atomic E-state index is 0.144. The maximum Gasteiger partial charge on any atom is 0.303 e. The van der Waals surface area contributed by atoms with Crippen molar-refractivity contribution in [1.29, 1.82) is 0 Å². The first-order chi connectivity index (χ1) is 11.2. The molecule has 116 valence electrons. The lowest BCUT2D eigenvalue weighted by atomic mass is 10.1. The fourth-order valence-electron chi connectivity index (χ4n) is 2.39. The van der Waals surface area contributed by atoms with Gasteiger partial charge in [0.05, 0.1) is 5.52 Å². The Kier molecular flexibility index (Phi) is 4.52. The van der Waals surface area contributed by atoms with Crippen LogP contribution in [0.3, 0.4) is 0 Å². The number of pyridine rings is 1. The van der Waals surface area contributed by atoms with Crippen molar-refractivity contribution in [3.05, 3.63) is 71.9 Å². The fraction of sp³-hybridized carbons (Fsp3) is 0.158. The highest BCUT2D eigenvalue weighted by Gasteiger charge is 2.01. The molecule has 4 heteroatoms. The van der Waals surface area contributed by atoms with E-state index < -0.39 is 5.97 Å². The Labute approximate surface area is 134 Å². The highest BCUT2D eigenvalue weighted by molar-refractivity contribution is 5.78. The smallest absolute Gasteiger partial charge is 0.303 e. The first kappa shape index (κ1) is 15.0. The van der Waals surface area contributed by atoms with E-state index in [9.17, 15) is 4.79 Å². The Morgan fingerprint density at radius 1 is 1.04 bits per heavy atom. The van der Waals surface area contributed by atoms with Gasteiger partial charge in [-0.3, -0.25) is 9.78 Å². The lowest BCUT2D eigenvalue weighted by Crippen LogP contribution is -1.98. The number of carboxylic acids is 1. The van der Waals surface area contributed by atoms with Gasteiger partial charge in [0.1, 0.15) is 12.4 Å². The third-order valence-corrected chi connectivity index (χ3v) is 3.62. The van der Waals surface area contributed by atoms with Gasteiger partial charge >= 0.3 is 5.97 Å². The van der Waals surface area contributed by atoms with Crippen LogP contribution in [0.1, 0.15) is 17.5 Å². The molecule has 0 spiro atoms. The van der Waals surface area contributed by atoms with E-state index in [0.29, 0.717) is 13.0 Å². The van der Waals surface area contributed by atoms with Crippen molar-refractivity contribution in [1.82, 2.24) is 4.98 Å². The number of carbonyl (C=O) groups is 1. The second-order valence-corrected chi connectivity index (χ2v) is 5.36. The van der Waals surface area contributed by atoms with Crippen LogP contribution in [0.4, 0.5) is 0 Å². The fourth-order valence-corrected chi connectivity index (χ4v) is 2.39. The molecule has 1 heterocycles. The van der Waals surface area contributed by atoms with Crippen molar-refractivity contribution in [2.24, 2.45) is 0 Å². The first-order valence-electron chi connectivity index (χ1n) is 7.48. The summed E-state index contributed by atoms with van der Waals surface area (Å²) < 4.78 is 5.78. The van der Waals surface area contributed by atoms with Gasteiger partial charge in [-0.1, -0.05) is 24.3 Å². The summed E-state index contributed by atoms with van der Waals surface area (Å²) in [6.07, 6.45) is 2.46. The van der Waals surface area contributed by atoms with Gasteiger partial charge in [0.25, 0.3) is 0 Å². The number of aliphatic carboxylic acids is 1. The van der Waals surface area contributed by atoms with Crippen LogP contribution in [-0.4, -0.2) is 16.1 Å². The molecule has 0 aliphatic rings. The molecule has 0 unspecified atom stereocenters. The van der Waals surface area contributed by atoms with E-state index in [2.05, 4.69) is 11.1 Å². The quantitative estimate of drug-likeness (QED) is 0.752. The number of nitrogens with zero attached hydrogens (tertiary/aromatic N) is 1. The van der Waals surface area contributed by atoms with Gasteiger partial charge in [-0.25, -0.2) is 0 Å². The van der Waals surface area contributed by atoms with E-state index >= 15 is 0 Å². The summed E-state index contributed by atoms with van der Waals surface area (Å²) in [5, 5.41) is 9.78. The number of benzene rings is 2. The van der Waals surface area contributed by atoms with Gasteiger partial charge in [-0.15, -0.1) is 0 Å². The van der Waals surface area contributed by atoms with Crippen molar-refractivity contribution in [3.8, 4) is 5.75 Å². The van der Waals surface area contributed by atoms with E-state index in [0.717, 1.165) is 27.8 Å². The molecule has 0 saturated heterocycles. The number of aryl methyl sites for hydroxylation is 1. The largest absolute Gasteiger partial charge is 0.489 e. The van der Waals surface area contributed by atoms with Gasteiger partial charge in [-0.05, 0) is 47.9 Å². The molecule has 4 nitrogen and oxygen atoms in total. The summed E-state index contributed by atoms with van der Waals surface area (Å²) in [6, 6.07) is 17.6. The number of carboxylic acid groups (broad SMARTS) is 1. The van der Waals surface area contributed by atoms with Crippen molar-refractivity contribution in [3.63, 3.8) is 0 Å². The minimum atomic E-state index is -0.781. The number of fused-ring (bicyclic) bond motifs is 1. The Morgan fingerprint density at radius 3 is 2.61 bits per heavy atom. The zero-order valence-electron chi connectivity index (χ0n) is 12.6. The monoisotopic (exact) mass is 307 g/mol. The lowest BCUT2D eigenvalue weighted by Gasteiger charge is -2.08. The van der Waals surface area contributed by atoms with E-state index in [4.69, 9.17) is 9.84 Å².